The van der Waals surface area contributed by atoms with E-state index in [1.807, 2.05) is 0 Å². The molecule has 8 heteroatoms. The molecular formula is C13H15F5N2O. The summed E-state index contributed by atoms with van der Waals surface area (Å²) in [7, 11) is 0. The molecule has 3 nitrogen and oxygen atoms in total. The predicted molar refractivity (Wildman–Crippen MR) is 66.6 cm³/mol. The van der Waals surface area contributed by atoms with E-state index in [-0.39, 0.29) is 5.56 Å². The van der Waals surface area contributed by atoms with Crippen molar-refractivity contribution in [1.29, 1.82) is 0 Å². The van der Waals surface area contributed by atoms with E-state index in [0.29, 0.717) is 0 Å². The van der Waals surface area contributed by atoms with Gasteiger partial charge in [0, 0.05) is 0 Å². The van der Waals surface area contributed by atoms with Crippen LogP contribution in [-0.2, 0) is 4.79 Å². The number of hydrogen-bond donors (Lipinski definition) is 2. The first-order valence-electron chi connectivity index (χ1n) is 6.15. The largest absolute Gasteiger partial charge is 0.408 e. The van der Waals surface area contributed by atoms with Crippen molar-refractivity contribution in [1.82, 2.24) is 5.32 Å². The second-order valence-electron chi connectivity index (χ2n) is 4.48. The fourth-order valence-corrected chi connectivity index (χ4v) is 1.81. The monoisotopic (exact) mass is 310 g/mol. The molecule has 0 heterocycles. The number of nitrogens with two attached hydrogens (primary N) is 1. The van der Waals surface area contributed by atoms with Crippen molar-refractivity contribution in [2.75, 3.05) is 0 Å². The van der Waals surface area contributed by atoms with Gasteiger partial charge < -0.3 is 5.73 Å². The van der Waals surface area contributed by atoms with Gasteiger partial charge in [-0.3, -0.25) is 10.1 Å². The molecule has 0 saturated carbocycles. The first kappa shape index (κ1) is 17.4. The lowest BCUT2D eigenvalue weighted by Crippen LogP contribution is -2.60. The second-order valence-corrected chi connectivity index (χ2v) is 4.48. The van der Waals surface area contributed by atoms with Crippen LogP contribution in [0.15, 0.2) is 30.3 Å². The molecule has 0 aromatic heterocycles. The van der Waals surface area contributed by atoms with Gasteiger partial charge in [-0.25, -0.2) is 8.78 Å². The van der Waals surface area contributed by atoms with Crippen molar-refractivity contribution in [3.8, 4) is 0 Å². The lowest BCUT2D eigenvalue weighted by Gasteiger charge is -2.32. The van der Waals surface area contributed by atoms with Gasteiger partial charge in [0.15, 0.2) is 6.17 Å². The van der Waals surface area contributed by atoms with Gasteiger partial charge in [-0.05, 0) is 12.0 Å². The van der Waals surface area contributed by atoms with Crippen molar-refractivity contribution < 1.29 is 26.7 Å². The standard InChI is InChI=1S/C13H15F5N2O/c1-2-9(14)12(15,11(19)21)20-10(13(16,17)18)8-6-4-3-5-7-8/h3-7,9-10,20H,2H2,1H3,(H2,19,21)/t9?,10-,12?/m0/s1. The van der Waals surface area contributed by atoms with Gasteiger partial charge in [0.05, 0.1) is 0 Å². The van der Waals surface area contributed by atoms with Crippen molar-refractivity contribution in [2.24, 2.45) is 5.73 Å². The number of halogens is 5. The van der Waals surface area contributed by atoms with Gasteiger partial charge in [0.25, 0.3) is 11.7 Å². The Hall–Kier alpha value is -1.70. The minimum Gasteiger partial charge on any atom is -0.366 e. The predicted octanol–water partition coefficient (Wildman–Crippen LogP) is 2.78. The lowest BCUT2D eigenvalue weighted by molar-refractivity contribution is -0.176. The van der Waals surface area contributed by atoms with Crippen molar-refractivity contribution in [3.05, 3.63) is 35.9 Å². The summed E-state index contributed by atoms with van der Waals surface area (Å²) < 4.78 is 67.1. The fourth-order valence-electron chi connectivity index (χ4n) is 1.81. The molecule has 1 rings (SSSR count). The number of alkyl halides is 5. The summed E-state index contributed by atoms with van der Waals surface area (Å²) in [4.78, 5) is 11.1. The highest BCUT2D eigenvalue weighted by atomic mass is 19.4. The van der Waals surface area contributed by atoms with E-state index < -0.39 is 36.5 Å². The summed E-state index contributed by atoms with van der Waals surface area (Å²) in [5.41, 5.74) is 4.38. The molecule has 0 saturated heterocycles. The van der Waals surface area contributed by atoms with E-state index in [1.165, 1.54) is 30.4 Å². The molecule has 0 fully saturated rings. The molecule has 1 aromatic carbocycles. The fraction of sp³-hybridized carbons (Fsp3) is 0.462. The van der Waals surface area contributed by atoms with Crippen LogP contribution in [0.2, 0.25) is 0 Å². The molecule has 0 aliphatic carbocycles. The topological polar surface area (TPSA) is 55.1 Å². The molecule has 0 bridgehead atoms. The molecule has 0 radical (unpaired) electrons. The third-order valence-corrected chi connectivity index (χ3v) is 2.96. The Balaban J connectivity index is 3.20. The first-order chi connectivity index (χ1) is 9.63. The van der Waals surface area contributed by atoms with Crippen LogP contribution in [0.4, 0.5) is 22.0 Å². The van der Waals surface area contributed by atoms with Crippen LogP contribution >= 0.6 is 0 Å². The third-order valence-electron chi connectivity index (χ3n) is 2.96. The van der Waals surface area contributed by atoms with E-state index >= 15 is 0 Å². The summed E-state index contributed by atoms with van der Waals surface area (Å²) in [6.07, 6.45) is -7.93. The van der Waals surface area contributed by atoms with Crippen LogP contribution in [0, 0.1) is 0 Å². The first-order valence-corrected chi connectivity index (χ1v) is 6.15. The zero-order valence-electron chi connectivity index (χ0n) is 11.1. The Kier molecular flexibility index (Phi) is 5.27. The van der Waals surface area contributed by atoms with E-state index in [0.717, 1.165) is 12.1 Å². The molecular weight excluding hydrogens is 295 g/mol. The molecule has 3 N–H and O–H groups in total. The molecule has 21 heavy (non-hydrogen) atoms. The van der Waals surface area contributed by atoms with E-state index in [2.05, 4.69) is 0 Å². The van der Waals surface area contributed by atoms with Gasteiger partial charge >= 0.3 is 6.18 Å². The summed E-state index contributed by atoms with van der Waals surface area (Å²) in [5.74, 6) is -5.44. The van der Waals surface area contributed by atoms with Crippen molar-refractivity contribution in [3.63, 3.8) is 0 Å². The maximum Gasteiger partial charge on any atom is 0.408 e. The highest BCUT2D eigenvalue weighted by Crippen LogP contribution is 2.35. The minimum atomic E-state index is -4.93. The Morgan fingerprint density at radius 2 is 1.76 bits per heavy atom. The SMILES string of the molecule is CCC(F)C(F)(N[C@@H](c1ccccc1)C(F)(F)F)C(N)=O. The van der Waals surface area contributed by atoms with E-state index in [4.69, 9.17) is 5.73 Å². The Morgan fingerprint density at radius 3 is 2.14 bits per heavy atom. The van der Waals surface area contributed by atoms with E-state index in [9.17, 15) is 26.7 Å². The number of primary amides is 1. The third kappa shape index (κ3) is 3.90. The maximum absolute atomic E-state index is 14.3. The quantitative estimate of drug-likeness (QED) is 0.627. The van der Waals surface area contributed by atoms with Gasteiger partial charge in [-0.15, -0.1) is 0 Å². The molecule has 1 amide bonds. The second kappa shape index (κ2) is 6.38. The molecule has 0 aliphatic rings. The van der Waals surface area contributed by atoms with Crippen LogP contribution in [0.3, 0.4) is 0 Å². The molecule has 118 valence electrons. The number of carbonyl (C=O) groups is 1. The van der Waals surface area contributed by atoms with Crippen LogP contribution in [0.1, 0.15) is 24.9 Å². The number of nitrogens with one attached hydrogen (secondary N) is 1. The molecule has 1 aromatic rings. The zero-order valence-corrected chi connectivity index (χ0v) is 11.1. The maximum atomic E-state index is 14.3. The van der Waals surface area contributed by atoms with Gasteiger partial charge in [-0.2, -0.15) is 13.2 Å². The number of amides is 1. The van der Waals surface area contributed by atoms with E-state index in [1.54, 1.807) is 0 Å². The Labute approximate surface area is 118 Å². The number of rotatable bonds is 6. The minimum absolute atomic E-state index is 0.350. The van der Waals surface area contributed by atoms with Crippen LogP contribution in [-0.4, -0.2) is 24.0 Å². The normalized spacial score (nSPS) is 17.8. The average Bonchev–Trinajstić information content (AvgIpc) is 2.43. The van der Waals surface area contributed by atoms with Gasteiger partial charge in [0.1, 0.15) is 6.04 Å². The average molecular weight is 310 g/mol. The summed E-state index contributed by atoms with van der Waals surface area (Å²) >= 11 is 0. The van der Waals surface area contributed by atoms with Crippen molar-refractivity contribution >= 4 is 5.91 Å². The molecule has 2 unspecified atom stereocenters. The van der Waals surface area contributed by atoms with Crippen LogP contribution in [0.25, 0.3) is 0 Å². The Morgan fingerprint density at radius 1 is 1.24 bits per heavy atom. The number of benzene rings is 1. The zero-order chi connectivity index (χ0) is 16.3. The van der Waals surface area contributed by atoms with Gasteiger partial charge in [0.2, 0.25) is 0 Å². The number of carbonyl (C=O) groups excluding carboxylic acids is 1. The smallest absolute Gasteiger partial charge is 0.366 e. The summed E-state index contributed by atoms with van der Waals surface area (Å²) in [6, 6.07) is 3.72. The lowest BCUT2D eigenvalue weighted by atomic mass is 10.0. The van der Waals surface area contributed by atoms with Gasteiger partial charge in [-0.1, -0.05) is 37.3 Å². The molecule has 0 spiro atoms. The number of hydrogen-bond acceptors (Lipinski definition) is 2. The summed E-state index contributed by atoms with van der Waals surface area (Å²) in [6.45, 7) is 1.19. The Bertz CT molecular complexity index is 479. The van der Waals surface area contributed by atoms with Crippen LogP contribution in [0.5, 0.6) is 0 Å². The molecule has 0 aliphatic heterocycles. The van der Waals surface area contributed by atoms with Crippen LogP contribution < -0.4 is 11.1 Å². The van der Waals surface area contributed by atoms with Crippen molar-refractivity contribution in [2.45, 2.75) is 37.5 Å². The highest BCUT2D eigenvalue weighted by Gasteiger charge is 2.52. The molecule has 3 atom stereocenters. The highest BCUT2D eigenvalue weighted by molar-refractivity contribution is 5.83. The summed E-state index contributed by atoms with van der Waals surface area (Å²) in [5, 5.41) is 1.40.